The molecule has 0 amide bonds. The van der Waals surface area contributed by atoms with E-state index >= 15 is 0 Å². The van der Waals surface area contributed by atoms with Crippen LogP contribution in [0.5, 0.6) is 0 Å². The van der Waals surface area contributed by atoms with Crippen molar-refractivity contribution in [1.29, 1.82) is 0 Å². The highest BCUT2D eigenvalue weighted by atomic mass is 127. The number of carbonyl (C=O) groups is 1. The van der Waals surface area contributed by atoms with Crippen molar-refractivity contribution >= 4 is 37.1 Å². The summed E-state index contributed by atoms with van der Waals surface area (Å²) in [5.41, 5.74) is 0. The molecule has 0 aliphatic carbocycles. The van der Waals surface area contributed by atoms with Crippen molar-refractivity contribution in [1.82, 2.24) is 0 Å². The molecule has 0 heterocycles. The van der Waals surface area contributed by atoms with E-state index in [1.807, 2.05) is 27.4 Å². The summed E-state index contributed by atoms with van der Waals surface area (Å²) in [6, 6.07) is 0. The van der Waals surface area contributed by atoms with Gasteiger partial charge in [0.25, 0.3) is 0 Å². The fraction of sp³-hybridized carbons (Fsp3) is 0.875. The Balaban J connectivity index is 3.88. The average Bonchev–Trinajstić information content (AvgIpc) is 2.00. The minimum atomic E-state index is -0.300. The van der Waals surface area contributed by atoms with Crippen molar-refractivity contribution in [2.45, 2.75) is 29.9 Å². The first-order valence-corrected chi connectivity index (χ1v) is 6.65. The number of ether oxygens (including phenoxy) is 1. The molecule has 2 atom stereocenters. The van der Waals surface area contributed by atoms with Gasteiger partial charge in [0.15, 0.2) is 0 Å². The Morgan fingerprint density at radius 3 is 2.50 bits per heavy atom. The summed E-state index contributed by atoms with van der Waals surface area (Å²) in [5, 5.41) is -0.300. The van der Waals surface area contributed by atoms with E-state index in [1.165, 1.54) is 0 Å². The first-order chi connectivity index (χ1) is 5.40. The molecular weight excluding hydrogens is 286 g/mol. The molecule has 0 bridgehead atoms. The molecule has 0 spiro atoms. The highest BCUT2D eigenvalue weighted by Crippen LogP contribution is 2.28. The molecule has 12 heavy (non-hydrogen) atoms. The van der Waals surface area contributed by atoms with E-state index in [0.29, 0.717) is 19.1 Å². The Morgan fingerprint density at radius 2 is 2.17 bits per heavy atom. The summed E-state index contributed by atoms with van der Waals surface area (Å²) in [6.45, 7) is 8.41. The lowest BCUT2D eigenvalue weighted by Gasteiger charge is -2.20. The number of rotatable bonds is 4. The zero-order valence-corrected chi connectivity index (χ0v) is 11.1. The largest absolute Gasteiger partial charge is 0.464 e. The highest BCUT2D eigenvalue weighted by Gasteiger charge is 2.27. The monoisotopic (exact) mass is 302 g/mol. The van der Waals surface area contributed by atoms with Crippen LogP contribution in [0.4, 0.5) is 0 Å². The van der Waals surface area contributed by atoms with Crippen LogP contribution in [-0.2, 0) is 9.53 Å². The number of halogens is 1. The van der Waals surface area contributed by atoms with Crippen LogP contribution in [0, 0.1) is 0 Å². The summed E-state index contributed by atoms with van der Waals surface area (Å²) in [5.74, 6) is -0.0770. The van der Waals surface area contributed by atoms with Gasteiger partial charge in [0.05, 0.1) is 5.16 Å². The van der Waals surface area contributed by atoms with Gasteiger partial charge in [-0.15, -0.1) is 8.58 Å². The van der Waals surface area contributed by atoms with Crippen molar-refractivity contribution < 1.29 is 9.53 Å². The van der Waals surface area contributed by atoms with Crippen molar-refractivity contribution in [2.75, 3.05) is 13.3 Å². The first kappa shape index (κ1) is 12.6. The third-order valence-electron chi connectivity index (χ3n) is 1.58. The van der Waals surface area contributed by atoms with Crippen LogP contribution in [0.2, 0.25) is 0 Å². The van der Waals surface area contributed by atoms with E-state index in [4.69, 9.17) is 4.74 Å². The molecule has 4 heteroatoms. The second kappa shape index (κ2) is 5.38. The predicted octanol–water partition coefficient (Wildman–Crippen LogP) is 2.44. The van der Waals surface area contributed by atoms with Crippen molar-refractivity contribution in [2.24, 2.45) is 0 Å². The molecular formula is C8H16IO2P. The number of hydrogen-bond acceptors (Lipinski definition) is 2. The number of alkyl halides is 1. The van der Waals surface area contributed by atoms with Crippen molar-refractivity contribution in [3.8, 4) is 0 Å². The van der Waals surface area contributed by atoms with Crippen LogP contribution >= 0.6 is 31.2 Å². The van der Waals surface area contributed by atoms with Crippen LogP contribution in [0.15, 0.2) is 0 Å². The number of esters is 1. The lowest BCUT2D eigenvalue weighted by atomic mass is 10.2. The minimum Gasteiger partial charge on any atom is -0.464 e. The van der Waals surface area contributed by atoms with Gasteiger partial charge in [0.2, 0.25) is 0 Å². The van der Waals surface area contributed by atoms with E-state index < -0.39 is 0 Å². The quantitative estimate of drug-likeness (QED) is 0.345. The molecule has 0 fully saturated rings. The Morgan fingerprint density at radius 1 is 1.67 bits per heavy atom. The molecule has 0 aromatic heterocycles. The summed E-state index contributed by atoms with van der Waals surface area (Å²) in [4.78, 5) is 11.4. The molecule has 2 nitrogen and oxygen atoms in total. The van der Waals surface area contributed by atoms with Gasteiger partial charge < -0.3 is 4.74 Å². The molecule has 0 N–H and O–H groups in total. The normalized spacial score (nSPS) is 15.1. The summed E-state index contributed by atoms with van der Waals surface area (Å²) in [6.07, 6.45) is 0. The second-order valence-corrected chi connectivity index (χ2v) is 7.13. The molecule has 72 valence electrons. The molecule has 0 aromatic carbocycles. The van der Waals surface area contributed by atoms with Gasteiger partial charge in [-0.25, -0.2) is 0 Å². The number of hydrogen-bond donors (Lipinski definition) is 0. The van der Waals surface area contributed by atoms with E-state index in [2.05, 4.69) is 22.6 Å². The molecule has 0 saturated carbocycles. The zero-order chi connectivity index (χ0) is 9.78. The van der Waals surface area contributed by atoms with Crippen LogP contribution in [0.1, 0.15) is 20.8 Å². The fourth-order valence-electron chi connectivity index (χ4n) is 0.473. The lowest BCUT2D eigenvalue weighted by Crippen LogP contribution is -2.29. The maximum Gasteiger partial charge on any atom is 0.315 e. The molecule has 0 aromatic rings. The van der Waals surface area contributed by atoms with Crippen molar-refractivity contribution in [3.63, 3.8) is 0 Å². The average molecular weight is 302 g/mol. The third kappa shape index (κ3) is 4.61. The van der Waals surface area contributed by atoms with Crippen LogP contribution in [0.25, 0.3) is 0 Å². The Kier molecular flexibility index (Phi) is 5.66. The van der Waals surface area contributed by atoms with Gasteiger partial charge in [-0.1, -0.05) is 29.5 Å². The maximum atomic E-state index is 11.4. The molecule has 0 aliphatic heterocycles. The third-order valence-corrected chi connectivity index (χ3v) is 3.39. The van der Waals surface area contributed by atoms with E-state index in [9.17, 15) is 4.79 Å². The van der Waals surface area contributed by atoms with Gasteiger partial charge in [-0.2, -0.15) is 0 Å². The van der Waals surface area contributed by atoms with E-state index in [0.717, 1.165) is 0 Å². The van der Waals surface area contributed by atoms with E-state index in [-0.39, 0.29) is 11.1 Å². The number of carbonyl (C=O) groups excluding carboxylic acids is 1. The smallest absolute Gasteiger partial charge is 0.315 e. The summed E-state index contributed by atoms with van der Waals surface area (Å²) in [7, 11) is 0.591. The van der Waals surface area contributed by atoms with Gasteiger partial charge >= 0.3 is 5.97 Å². The van der Waals surface area contributed by atoms with Crippen LogP contribution in [-0.4, -0.2) is 28.3 Å². The van der Waals surface area contributed by atoms with Gasteiger partial charge in [0.1, 0.15) is 6.61 Å². The summed E-state index contributed by atoms with van der Waals surface area (Å²) >= 11 is 2.24. The zero-order valence-electron chi connectivity index (χ0n) is 7.98. The Bertz CT molecular complexity index is 157. The second-order valence-electron chi connectivity index (χ2n) is 3.25. The molecule has 0 saturated heterocycles. The Labute approximate surface area is 89.7 Å². The molecule has 0 rings (SSSR count). The predicted molar refractivity (Wildman–Crippen MR) is 62.8 cm³/mol. The molecule has 2 unspecified atom stereocenters. The van der Waals surface area contributed by atoms with Gasteiger partial charge in [-0.3, -0.25) is 4.79 Å². The topological polar surface area (TPSA) is 26.3 Å². The lowest BCUT2D eigenvalue weighted by molar-refractivity contribution is -0.145. The van der Waals surface area contributed by atoms with Gasteiger partial charge in [0, 0.05) is 3.92 Å². The SMILES string of the molecule is CPC(C)(C)C(=O)OCC(C)I. The Hall–Kier alpha value is 0.630. The molecule has 0 aliphatic rings. The minimum absolute atomic E-state index is 0.0770. The fourth-order valence-corrected chi connectivity index (χ4v) is 0.929. The maximum absolute atomic E-state index is 11.4. The van der Waals surface area contributed by atoms with Crippen LogP contribution < -0.4 is 0 Å². The highest BCUT2D eigenvalue weighted by molar-refractivity contribution is 14.1. The summed E-state index contributed by atoms with van der Waals surface area (Å²) < 4.78 is 5.51. The standard InChI is InChI=1S/C8H16IO2P/c1-6(9)5-11-7(10)8(2,3)12-4/h6,12H,5H2,1-4H3. The van der Waals surface area contributed by atoms with Crippen molar-refractivity contribution in [3.05, 3.63) is 0 Å². The van der Waals surface area contributed by atoms with E-state index in [1.54, 1.807) is 0 Å². The van der Waals surface area contributed by atoms with Crippen LogP contribution in [0.3, 0.4) is 0 Å². The first-order valence-electron chi connectivity index (χ1n) is 3.90. The van der Waals surface area contributed by atoms with Gasteiger partial charge in [-0.05, 0) is 20.5 Å². The molecule has 0 radical (unpaired) electrons.